The number of hydrogen-bond acceptors (Lipinski definition) is 3. The number of hydrogen-bond donors (Lipinski definition) is 1. The van der Waals surface area contributed by atoms with E-state index in [0.29, 0.717) is 5.69 Å². The quantitative estimate of drug-likeness (QED) is 0.748. The van der Waals surface area contributed by atoms with E-state index in [2.05, 4.69) is 23.4 Å². The van der Waals surface area contributed by atoms with Gasteiger partial charge < -0.3 is 10.0 Å². The molecule has 1 heterocycles. The standard InChI is InChI=1S/C12H18N2O/c1-4-14(8-10(2)3)12-5-6-13-11(7-12)9-15/h5-7,15H,2,4,8-9H2,1,3H3. The summed E-state index contributed by atoms with van der Waals surface area (Å²) < 4.78 is 0. The highest BCUT2D eigenvalue weighted by Gasteiger charge is 2.04. The van der Waals surface area contributed by atoms with Gasteiger partial charge in [-0.25, -0.2) is 0 Å². The molecule has 0 aliphatic heterocycles. The third-order valence-electron chi connectivity index (χ3n) is 2.17. The third-order valence-corrected chi connectivity index (χ3v) is 2.17. The molecule has 0 spiro atoms. The lowest BCUT2D eigenvalue weighted by Crippen LogP contribution is -2.24. The van der Waals surface area contributed by atoms with E-state index in [9.17, 15) is 0 Å². The first-order chi connectivity index (χ1) is 7.17. The Hall–Kier alpha value is -1.35. The van der Waals surface area contributed by atoms with Gasteiger partial charge in [-0.1, -0.05) is 12.2 Å². The van der Waals surface area contributed by atoms with Crippen molar-refractivity contribution in [1.82, 2.24) is 4.98 Å². The molecule has 0 fully saturated rings. The average Bonchev–Trinajstić information content (AvgIpc) is 2.25. The highest BCUT2D eigenvalue weighted by Crippen LogP contribution is 2.15. The second kappa shape index (κ2) is 5.51. The average molecular weight is 206 g/mol. The number of likely N-dealkylation sites (N-methyl/N-ethyl adjacent to an activating group) is 1. The van der Waals surface area contributed by atoms with E-state index >= 15 is 0 Å². The van der Waals surface area contributed by atoms with E-state index in [1.165, 1.54) is 0 Å². The highest BCUT2D eigenvalue weighted by atomic mass is 16.3. The molecule has 1 N–H and O–H groups in total. The molecule has 1 aromatic rings. The number of rotatable bonds is 5. The number of pyridine rings is 1. The zero-order valence-electron chi connectivity index (χ0n) is 9.40. The van der Waals surface area contributed by atoms with Gasteiger partial charge in [0.25, 0.3) is 0 Å². The number of nitrogens with zero attached hydrogens (tertiary/aromatic N) is 2. The Labute approximate surface area is 91.1 Å². The molecule has 0 aromatic carbocycles. The first-order valence-corrected chi connectivity index (χ1v) is 5.12. The van der Waals surface area contributed by atoms with E-state index in [4.69, 9.17) is 5.11 Å². The molecule has 82 valence electrons. The minimum Gasteiger partial charge on any atom is -0.390 e. The normalized spacial score (nSPS) is 10.1. The Kier molecular flexibility index (Phi) is 4.31. The van der Waals surface area contributed by atoms with E-state index in [1.807, 2.05) is 19.1 Å². The third kappa shape index (κ3) is 3.36. The predicted octanol–water partition coefficient (Wildman–Crippen LogP) is 1.98. The fourth-order valence-electron chi connectivity index (χ4n) is 1.46. The maximum Gasteiger partial charge on any atom is 0.0853 e. The zero-order valence-corrected chi connectivity index (χ0v) is 9.40. The Morgan fingerprint density at radius 3 is 2.87 bits per heavy atom. The van der Waals surface area contributed by atoms with Crippen molar-refractivity contribution in [2.24, 2.45) is 0 Å². The lowest BCUT2D eigenvalue weighted by Gasteiger charge is -2.23. The van der Waals surface area contributed by atoms with Crippen molar-refractivity contribution >= 4 is 5.69 Å². The van der Waals surface area contributed by atoms with Crippen LogP contribution in [0.5, 0.6) is 0 Å². The molecule has 0 aliphatic rings. The van der Waals surface area contributed by atoms with Crippen LogP contribution in [-0.4, -0.2) is 23.2 Å². The van der Waals surface area contributed by atoms with Crippen LogP contribution in [0.4, 0.5) is 5.69 Å². The largest absolute Gasteiger partial charge is 0.390 e. The maximum absolute atomic E-state index is 9.00. The van der Waals surface area contributed by atoms with Crippen molar-refractivity contribution in [2.45, 2.75) is 20.5 Å². The molecular formula is C12H18N2O. The Morgan fingerprint density at radius 1 is 1.60 bits per heavy atom. The van der Waals surface area contributed by atoms with Crippen LogP contribution >= 0.6 is 0 Å². The summed E-state index contributed by atoms with van der Waals surface area (Å²) in [7, 11) is 0. The molecule has 0 aliphatic carbocycles. The van der Waals surface area contributed by atoms with Crippen molar-refractivity contribution in [3.63, 3.8) is 0 Å². The van der Waals surface area contributed by atoms with Crippen molar-refractivity contribution in [3.05, 3.63) is 36.2 Å². The maximum atomic E-state index is 9.00. The minimum absolute atomic E-state index is 0.0154. The van der Waals surface area contributed by atoms with Gasteiger partial charge in [0.15, 0.2) is 0 Å². The molecular weight excluding hydrogens is 188 g/mol. The molecule has 0 atom stereocenters. The molecule has 0 saturated carbocycles. The number of aliphatic hydroxyl groups excluding tert-OH is 1. The van der Waals surface area contributed by atoms with Crippen LogP contribution < -0.4 is 4.90 Å². The van der Waals surface area contributed by atoms with Crippen LogP contribution in [0.15, 0.2) is 30.5 Å². The smallest absolute Gasteiger partial charge is 0.0853 e. The van der Waals surface area contributed by atoms with Crippen LogP contribution in [0.25, 0.3) is 0 Å². The number of aliphatic hydroxyl groups is 1. The molecule has 0 amide bonds. The van der Waals surface area contributed by atoms with Gasteiger partial charge in [0.05, 0.1) is 12.3 Å². The van der Waals surface area contributed by atoms with Crippen LogP contribution in [0.1, 0.15) is 19.5 Å². The summed E-state index contributed by atoms with van der Waals surface area (Å²) in [4.78, 5) is 6.25. The summed E-state index contributed by atoms with van der Waals surface area (Å²) in [5.74, 6) is 0. The molecule has 0 bridgehead atoms. The van der Waals surface area contributed by atoms with Crippen molar-refractivity contribution in [3.8, 4) is 0 Å². The fraction of sp³-hybridized carbons (Fsp3) is 0.417. The van der Waals surface area contributed by atoms with E-state index < -0.39 is 0 Å². The summed E-state index contributed by atoms with van der Waals surface area (Å²) in [6, 6.07) is 3.86. The molecule has 0 saturated heterocycles. The second-order valence-electron chi connectivity index (χ2n) is 3.63. The summed E-state index contributed by atoms with van der Waals surface area (Å²) >= 11 is 0. The first kappa shape index (κ1) is 11.7. The topological polar surface area (TPSA) is 36.4 Å². The minimum atomic E-state index is -0.0154. The van der Waals surface area contributed by atoms with Crippen LogP contribution in [-0.2, 0) is 6.61 Å². The monoisotopic (exact) mass is 206 g/mol. The van der Waals surface area contributed by atoms with Crippen molar-refractivity contribution in [1.29, 1.82) is 0 Å². The van der Waals surface area contributed by atoms with Gasteiger partial charge in [0.1, 0.15) is 0 Å². The van der Waals surface area contributed by atoms with Crippen molar-refractivity contribution in [2.75, 3.05) is 18.0 Å². The van der Waals surface area contributed by atoms with Gasteiger partial charge in [-0.15, -0.1) is 0 Å². The van der Waals surface area contributed by atoms with Crippen LogP contribution in [0, 0.1) is 0 Å². The van der Waals surface area contributed by atoms with E-state index in [0.717, 1.165) is 24.4 Å². The van der Waals surface area contributed by atoms with Gasteiger partial charge in [-0.2, -0.15) is 0 Å². The predicted molar refractivity (Wildman–Crippen MR) is 62.9 cm³/mol. The lowest BCUT2D eigenvalue weighted by molar-refractivity contribution is 0.277. The van der Waals surface area contributed by atoms with Crippen LogP contribution in [0.2, 0.25) is 0 Å². The summed E-state index contributed by atoms with van der Waals surface area (Å²) in [5, 5.41) is 9.00. The summed E-state index contributed by atoms with van der Waals surface area (Å²) in [6.45, 7) is 9.76. The Bertz CT molecular complexity index is 336. The van der Waals surface area contributed by atoms with Gasteiger partial charge in [0, 0.05) is 25.0 Å². The second-order valence-corrected chi connectivity index (χ2v) is 3.63. The molecule has 3 heteroatoms. The molecule has 15 heavy (non-hydrogen) atoms. The molecule has 0 radical (unpaired) electrons. The summed E-state index contributed by atoms with van der Waals surface area (Å²) in [5.41, 5.74) is 2.91. The summed E-state index contributed by atoms with van der Waals surface area (Å²) in [6.07, 6.45) is 1.72. The fourth-order valence-corrected chi connectivity index (χ4v) is 1.46. The number of aromatic nitrogens is 1. The van der Waals surface area contributed by atoms with E-state index in [1.54, 1.807) is 6.20 Å². The zero-order chi connectivity index (χ0) is 11.3. The SMILES string of the molecule is C=C(C)CN(CC)c1ccnc(CO)c1. The molecule has 1 aromatic heterocycles. The highest BCUT2D eigenvalue weighted by molar-refractivity contribution is 5.47. The first-order valence-electron chi connectivity index (χ1n) is 5.12. The van der Waals surface area contributed by atoms with E-state index in [-0.39, 0.29) is 6.61 Å². The van der Waals surface area contributed by atoms with Crippen molar-refractivity contribution < 1.29 is 5.11 Å². The lowest BCUT2D eigenvalue weighted by atomic mass is 10.2. The van der Waals surface area contributed by atoms with Gasteiger partial charge in [-0.05, 0) is 26.0 Å². The van der Waals surface area contributed by atoms with Gasteiger partial charge in [-0.3, -0.25) is 4.98 Å². The number of anilines is 1. The Morgan fingerprint density at radius 2 is 2.33 bits per heavy atom. The van der Waals surface area contributed by atoms with Crippen LogP contribution in [0.3, 0.4) is 0 Å². The molecule has 3 nitrogen and oxygen atoms in total. The van der Waals surface area contributed by atoms with Gasteiger partial charge >= 0.3 is 0 Å². The molecule has 0 unspecified atom stereocenters. The molecule has 1 rings (SSSR count). The Balaban J connectivity index is 2.85. The van der Waals surface area contributed by atoms with Gasteiger partial charge in [0.2, 0.25) is 0 Å².